The monoisotopic (exact) mass is 434 g/mol. The van der Waals surface area contributed by atoms with Crippen LogP contribution < -0.4 is 4.74 Å². The molecule has 4 atom stereocenters. The van der Waals surface area contributed by atoms with Crippen LogP contribution >= 0.6 is 0 Å². The van der Waals surface area contributed by atoms with E-state index in [1.807, 2.05) is 0 Å². The standard InChI is InChI=1S/C26H36F2O3/c1-3-5-16-8-11-21-19(16)12-13-22(21)26(29)31-18-9-6-17(7-10-18)20-14-15-23(30-4-2)25(28)24(20)27/h14-19,21-22H,3-13H2,1-2H3. The molecule has 1 aromatic carbocycles. The summed E-state index contributed by atoms with van der Waals surface area (Å²) in [6.07, 6.45) is 9.84. The van der Waals surface area contributed by atoms with Gasteiger partial charge in [-0.3, -0.25) is 4.79 Å². The van der Waals surface area contributed by atoms with E-state index in [1.54, 1.807) is 13.0 Å². The van der Waals surface area contributed by atoms with Crippen LogP contribution in [0.1, 0.15) is 89.5 Å². The summed E-state index contributed by atoms with van der Waals surface area (Å²) in [6.45, 7) is 4.29. The van der Waals surface area contributed by atoms with Gasteiger partial charge in [0.1, 0.15) is 6.10 Å². The second kappa shape index (κ2) is 9.87. The minimum absolute atomic E-state index is 0.00797. The summed E-state index contributed by atoms with van der Waals surface area (Å²) in [5, 5.41) is 0. The van der Waals surface area contributed by atoms with E-state index in [0.717, 1.165) is 12.3 Å². The fourth-order valence-electron chi connectivity index (χ4n) is 6.61. The van der Waals surface area contributed by atoms with E-state index in [0.29, 0.717) is 49.7 Å². The SMILES string of the molecule is CCCC1CCC2C(C(=O)OC3CCC(c4ccc(OCC)c(F)c4F)CC3)CCC12. The first-order valence-corrected chi connectivity index (χ1v) is 12.3. The number of esters is 1. The van der Waals surface area contributed by atoms with E-state index < -0.39 is 11.6 Å². The molecule has 3 aliphatic rings. The summed E-state index contributed by atoms with van der Waals surface area (Å²) in [5.74, 6) is 0.316. The summed E-state index contributed by atoms with van der Waals surface area (Å²) in [5.41, 5.74) is 0.414. The molecule has 172 valence electrons. The third-order valence-corrected chi connectivity index (χ3v) is 8.09. The van der Waals surface area contributed by atoms with Crippen molar-refractivity contribution in [3.8, 4) is 5.75 Å². The second-order valence-corrected chi connectivity index (χ2v) is 9.76. The maximum Gasteiger partial charge on any atom is 0.309 e. The minimum atomic E-state index is -0.901. The highest BCUT2D eigenvalue weighted by Crippen LogP contribution is 2.52. The first-order chi connectivity index (χ1) is 15.0. The molecular formula is C26H36F2O3. The normalized spacial score (nSPS) is 32.6. The number of carbonyl (C=O) groups excluding carboxylic acids is 1. The summed E-state index contributed by atoms with van der Waals surface area (Å²) >= 11 is 0. The highest BCUT2D eigenvalue weighted by atomic mass is 19.2. The van der Waals surface area contributed by atoms with Gasteiger partial charge in [-0.25, -0.2) is 4.39 Å². The van der Waals surface area contributed by atoms with Gasteiger partial charge in [0.25, 0.3) is 0 Å². The van der Waals surface area contributed by atoms with Crippen LogP contribution in [0.4, 0.5) is 8.78 Å². The van der Waals surface area contributed by atoms with E-state index >= 15 is 0 Å². The lowest BCUT2D eigenvalue weighted by atomic mass is 9.82. The number of hydrogen-bond acceptors (Lipinski definition) is 3. The van der Waals surface area contributed by atoms with Crippen molar-refractivity contribution in [1.82, 2.24) is 0 Å². The van der Waals surface area contributed by atoms with Crippen molar-refractivity contribution in [3.05, 3.63) is 29.3 Å². The maximum absolute atomic E-state index is 14.6. The van der Waals surface area contributed by atoms with E-state index in [9.17, 15) is 13.6 Å². The van der Waals surface area contributed by atoms with Gasteiger partial charge in [0, 0.05) is 0 Å². The van der Waals surface area contributed by atoms with Gasteiger partial charge in [0.2, 0.25) is 5.82 Å². The lowest BCUT2D eigenvalue weighted by Crippen LogP contribution is -2.29. The van der Waals surface area contributed by atoms with Crippen molar-refractivity contribution >= 4 is 5.97 Å². The first kappa shape index (κ1) is 22.5. The summed E-state index contributed by atoms with van der Waals surface area (Å²) in [4.78, 5) is 12.9. The molecule has 0 N–H and O–H groups in total. The molecule has 1 aromatic rings. The third-order valence-electron chi connectivity index (χ3n) is 8.09. The molecule has 4 rings (SSSR count). The molecule has 5 heteroatoms. The molecule has 0 bridgehead atoms. The molecule has 3 saturated carbocycles. The van der Waals surface area contributed by atoms with Gasteiger partial charge >= 0.3 is 5.97 Å². The largest absolute Gasteiger partial charge is 0.491 e. The van der Waals surface area contributed by atoms with E-state index in [-0.39, 0.29) is 29.7 Å². The van der Waals surface area contributed by atoms with Crippen LogP contribution in [0.15, 0.2) is 12.1 Å². The van der Waals surface area contributed by atoms with Gasteiger partial charge in [0.05, 0.1) is 12.5 Å². The van der Waals surface area contributed by atoms with Crippen molar-refractivity contribution in [1.29, 1.82) is 0 Å². The van der Waals surface area contributed by atoms with Crippen LogP contribution in [0.5, 0.6) is 5.75 Å². The average molecular weight is 435 g/mol. The van der Waals surface area contributed by atoms with Gasteiger partial charge in [-0.05, 0) is 93.6 Å². The van der Waals surface area contributed by atoms with Crippen LogP contribution in [0.25, 0.3) is 0 Å². The Balaban J connectivity index is 1.30. The minimum Gasteiger partial charge on any atom is -0.491 e. The van der Waals surface area contributed by atoms with E-state index in [1.165, 1.54) is 38.2 Å². The zero-order valence-electron chi connectivity index (χ0n) is 18.9. The Bertz CT molecular complexity index is 772. The number of carbonyl (C=O) groups is 1. The first-order valence-electron chi connectivity index (χ1n) is 12.3. The average Bonchev–Trinajstić information content (AvgIpc) is 3.36. The number of benzene rings is 1. The topological polar surface area (TPSA) is 35.5 Å². The smallest absolute Gasteiger partial charge is 0.309 e. The van der Waals surface area contributed by atoms with Gasteiger partial charge in [-0.2, -0.15) is 4.39 Å². The summed E-state index contributed by atoms with van der Waals surface area (Å²) in [6, 6.07) is 3.17. The molecule has 3 nitrogen and oxygen atoms in total. The predicted octanol–water partition coefficient (Wildman–Crippen LogP) is 6.79. The van der Waals surface area contributed by atoms with Crippen LogP contribution in [0.3, 0.4) is 0 Å². The van der Waals surface area contributed by atoms with Crippen molar-refractivity contribution in [2.75, 3.05) is 6.61 Å². The van der Waals surface area contributed by atoms with Crippen LogP contribution in [-0.2, 0) is 9.53 Å². The van der Waals surface area contributed by atoms with Crippen LogP contribution in [-0.4, -0.2) is 18.7 Å². The van der Waals surface area contributed by atoms with Crippen LogP contribution in [0, 0.1) is 35.3 Å². The lowest BCUT2D eigenvalue weighted by Gasteiger charge is -2.30. The molecule has 0 aliphatic heterocycles. The zero-order valence-corrected chi connectivity index (χ0v) is 18.9. The number of fused-ring (bicyclic) bond motifs is 1. The fourth-order valence-corrected chi connectivity index (χ4v) is 6.61. The highest BCUT2D eigenvalue weighted by molar-refractivity contribution is 5.73. The molecule has 3 aliphatic carbocycles. The van der Waals surface area contributed by atoms with Crippen molar-refractivity contribution in [2.24, 2.45) is 23.7 Å². The van der Waals surface area contributed by atoms with Crippen LogP contribution in [0.2, 0.25) is 0 Å². The summed E-state index contributed by atoms with van der Waals surface area (Å²) < 4.78 is 39.9. The number of ether oxygens (including phenoxy) is 2. The molecule has 0 amide bonds. The number of rotatable bonds is 7. The highest BCUT2D eigenvalue weighted by Gasteiger charge is 2.47. The van der Waals surface area contributed by atoms with Gasteiger partial charge in [-0.1, -0.05) is 25.8 Å². The van der Waals surface area contributed by atoms with E-state index in [2.05, 4.69) is 6.92 Å². The Hall–Kier alpha value is -1.65. The Morgan fingerprint density at radius 2 is 1.68 bits per heavy atom. The maximum atomic E-state index is 14.6. The Labute approximate surface area is 184 Å². The Morgan fingerprint density at radius 3 is 2.39 bits per heavy atom. The number of hydrogen-bond donors (Lipinski definition) is 0. The molecule has 0 aromatic heterocycles. The Morgan fingerprint density at radius 1 is 0.935 bits per heavy atom. The molecule has 0 radical (unpaired) electrons. The molecule has 4 unspecified atom stereocenters. The van der Waals surface area contributed by atoms with Crippen molar-refractivity contribution in [3.63, 3.8) is 0 Å². The molecule has 0 heterocycles. The molecule has 3 fully saturated rings. The fraction of sp³-hybridized carbons (Fsp3) is 0.731. The van der Waals surface area contributed by atoms with Gasteiger partial charge < -0.3 is 9.47 Å². The second-order valence-electron chi connectivity index (χ2n) is 9.76. The quantitative estimate of drug-likeness (QED) is 0.444. The van der Waals surface area contributed by atoms with Crippen molar-refractivity contribution < 1.29 is 23.0 Å². The number of halogens is 2. The van der Waals surface area contributed by atoms with E-state index in [4.69, 9.17) is 9.47 Å². The third kappa shape index (κ3) is 4.61. The van der Waals surface area contributed by atoms with Gasteiger partial charge in [0.15, 0.2) is 11.6 Å². The summed E-state index contributed by atoms with van der Waals surface area (Å²) in [7, 11) is 0. The predicted molar refractivity (Wildman–Crippen MR) is 116 cm³/mol. The van der Waals surface area contributed by atoms with Crippen molar-refractivity contribution in [2.45, 2.75) is 90.1 Å². The zero-order chi connectivity index (χ0) is 22.0. The molecular weight excluding hydrogens is 398 g/mol. The van der Waals surface area contributed by atoms with Gasteiger partial charge in [-0.15, -0.1) is 0 Å². The molecule has 0 saturated heterocycles. The Kier molecular flexibility index (Phi) is 7.18. The molecule has 0 spiro atoms. The lowest BCUT2D eigenvalue weighted by molar-refractivity contribution is -0.157. The molecule has 31 heavy (non-hydrogen) atoms.